The lowest BCUT2D eigenvalue weighted by Gasteiger charge is -2.25. The average Bonchev–Trinajstić information content (AvgIpc) is 3.01. The molecule has 1 aliphatic rings. The van der Waals surface area contributed by atoms with Gasteiger partial charge in [-0.15, -0.1) is 0 Å². The van der Waals surface area contributed by atoms with Crippen LogP contribution < -0.4 is 0 Å². The van der Waals surface area contributed by atoms with Gasteiger partial charge < -0.3 is 9.84 Å². The fraction of sp³-hybridized carbons (Fsp3) is 0.267. The smallest absolute Gasteiger partial charge is 0.418 e. The second-order valence-corrected chi connectivity index (χ2v) is 5.82. The highest BCUT2D eigenvalue weighted by molar-refractivity contribution is 9.10. The van der Waals surface area contributed by atoms with Gasteiger partial charge in [0.1, 0.15) is 5.60 Å². The van der Waals surface area contributed by atoms with Crippen LogP contribution in [-0.2, 0) is 16.8 Å². The molecule has 2 aromatic rings. The largest absolute Gasteiger partial charge is 0.452 e. The monoisotopic (exact) mass is 335 g/mol. The molecule has 0 spiro atoms. The number of aryl methyl sites for hydroxylation is 1. The van der Waals surface area contributed by atoms with Gasteiger partial charge in [0.2, 0.25) is 0 Å². The number of methoxy groups -OCH3 is 1. The van der Waals surface area contributed by atoms with Gasteiger partial charge in [0.05, 0.1) is 12.8 Å². The molecule has 3 rings (SSSR count). The second kappa shape index (κ2) is 4.75. The van der Waals surface area contributed by atoms with Crippen LogP contribution in [-0.4, -0.2) is 22.9 Å². The maximum atomic E-state index is 11.8. The van der Waals surface area contributed by atoms with E-state index in [-0.39, 0.29) is 0 Å². The number of aliphatic hydroxyl groups is 1. The number of nitrogens with zero attached hydrogens (tertiary/aromatic N) is 1. The molecule has 1 aromatic carbocycles. The quantitative estimate of drug-likeness (QED) is 0.871. The number of halogens is 1. The third-order valence-corrected chi connectivity index (χ3v) is 4.28. The van der Waals surface area contributed by atoms with Crippen LogP contribution in [0.4, 0.5) is 4.79 Å². The standard InChI is InChI=1S/C15H14BrNO3/c1-20-14(18)17-8-6-10-5-7-15(19,13(10)17)11-3-2-4-12(16)9-11/h2-4,6,8-9,19H,5,7H2,1H3. The van der Waals surface area contributed by atoms with Gasteiger partial charge in [-0.1, -0.05) is 28.1 Å². The van der Waals surface area contributed by atoms with Crippen LogP contribution in [0.15, 0.2) is 41.0 Å². The van der Waals surface area contributed by atoms with Crippen molar-refractivity contribution in [1.29, 1.82) is 0 Å². The van der Waals surface area contributed by atoms with Crippen molar-refractivity contribution in [2.75, 3.05) is 7.11 Å². The first-order valence-electron chi connectivity index (χ1n) is 6.33. The van der Waals surface area contributed by atoms with E-state index in [0.717, 1.165) is 22.0 Å². The van der Waals surface area contributed by atoms with Crippen molar-refractivity contribution >= 4 is 22.0 Å². The predicted molar refractivity (Wildman–Crippen MR) is 77.7 cm³/mol. The van der Waals surface area contributed by atoms with Crippen LogP contribution in [0.1, 0.15) is 23.2 Å². The minimum atomic E-state index is -1.16. The first-order chi connectivity index (χ1) is 9.56. The van der Waals surface area contributed by atoms with Crippen LogP contribution in [0.25, 0.3) is 0 Å². The Morgan fingerprint density at radius 2 is 2.25 bits per heavy atom. The molecule has 1 aliphatic carbocycles. The third kappa shape index (κ3) is 1.89. The number of rotatable bonds is 1. The highest BCUT2D eigenvalue weighted by atomic mass is 79.9. The summed E-state index contributed by atoms with van der Waals surface area (Å²) in [6, 6.07) is 9.39. The Morgan fingerprint density at radius 3 is 2.95 bits per heavy atom. The SMILES string of the molecule is COC(=O)n1ccc2c1C(O)(c1cccc(Br)c1)CC2. The summed E-state index contributed by atoms with van der Waals surface area (Å²) in [5.41, 5.74) is 1.21. The summed E-state index contributed by atoms with van der Waals surface area (Å²) < 4.78 is 7.06. The van der Waals surface area contributed by atoms with Gasteiger partial charge in [-0.05, 0) is 42.2 Å². The van der Waals surface area contributed by atoms with E-state index in [1.54, 1.807) is 6.20 Å². The summed E-state index contributed by atoms with van der Waals surface area (Å²) >= 11 is 3.42. The zero-order valence-corrected chi connectivity index (χ0v) is 12.6. The van der Waals surface area contributed by atoms with Crippen molar-refractivity contribution in [3.8, 4) is 0 Å². The van der Waals surface area contributed by atoms with E-state index in [1.165, 1.54) is 11.7 Å². The molecule has 5 heteroatoms. The van der Waals surface area contributed by atoms with Crippen molar-refractivity contribution in [1.82, 2.24) is 4.57 Å². The molecule has 0 saturated heterocycles. The molecule has 0 bridgehead atoms. The number of benzene rings is 1. The van der Waals surface area contributed by atoms with E-state index in [4.69, 9.17) is 4.74 Å². The van der Waals surface area contributed by atoms with Crippen LogP contribution >= 0.6 is 15.9 Å². The van der Waals surface area contributed by atoms with E-state index in [0.29, 0.717) is 12.1 Å². The zero-order chi connectivity index (χ0) is 14.3. The fourth-order valence-electron chi connectivity index (χ4n) is 2.85. The Balaban J connectivity index is 2.16. The van der Waals surface area contributed by atoms with E-state index in [2.05, 4.69) is 15.9 Å². The topological polar surface area (TPSA) is 51.5 Å². The van der Waals surface area contributed by atoms with Gasteiger partial charge in [0, 0.05) is 10.7 Å². The molecule has 1 heterocycles. The lowest BCUT2D eigenvalue weighted by atomic mass is 9.91. The minimum Gasteiger partial charge on any atom is -0.452 e. The van der Waals surface area contributed by atoms with E-state index in [1.807, 2.05) is 30.3 Å². The summed E-state index contributed by atoms with van der Waals surface area (Å²) in [6.07, 6.45) is 2.47. The number of hydrogen-bond acceptors (Lipinski definition) is 3. The molecule has 0 radical (unpaired) electrons. The number of ether oxygens (including phenoxy) is 1. The van der Waals surface area contributed by atoms with Gasteiger partial charge in [0.25, 0.3) is 0 Å². The summed E-state index contributed by atoms with van der Waals surface area (Å²) in [5, 5.41) is 11.1. The molecule has 0 amide bonds. The maximum absolute atomic E-state index is 11.8. The zero-order valence-electron chi connectivity index (χ0n) is 11.0. The summed E-state index contributed by atoms with van der Waals surface area (Å²) in [6.45, 7) is 0. The molecule has 104 valence electrons. The number of carbonyl (C=O) groups is 1. The van der Waals surface area contributed by atoms with E-state index in [9.17, 15) is 9.90 Å². The molecule has 0 fully saturated rings. The Kier molecular flexibility index (Phi) is 3.18. The van der Waals surface area contributed by atoms with Crippen LogP contribution in [0.2, 0.25) is 0 Å². The molecule has 0 aliphatic heterocycles. The van der Waals surface area contributed by atoms with Crippen molar-refractivity contribution < 1.29 is 14.6 Å². The van der Waals surface area contributed by atoms with Gasteiger partial charge in [-0.3, -0.25) is 4.57 Å². The maximum Gasteiger partial charge on any atom is 0.418 e. The normalized spacial score (nSPS) is 20.8. The van der Waals surface area contributed by atoms with Crippen LogP contribution in [0.5, 0.6) is 0 Å². The lowest BCUT2D eigenvalue weighted by Crippen LogP contribution is -2.29. The molecule has 1 unspecified atom stereocenters. The highest BCUT2D eigenvalue weighted by Crippen LogP contribution is 2.43. The van der Waals surface area contributed by atoms with Crippen molar-refractivity contribution in [2.45, 2.75) is 18.4 Å². The van der Waals surface area contributed by atoms with E-state index < -0.39 is 11.7 Å². The molecule has 20 heavy (non-hydrogen) atoms. The molecule has 4 nitrogen and oxygen atoms in total. The summed E-state index contributed by atoms with van der Waals surface area (Å²) in [4.78, 5) is 11.8. The predicted octanol–water partition coefficient (Wildman–Crippen LogP) is 3.05. The molecular weight excluding hydrogens is 322 g/mol. The summed E-state index contributed by atoms with van der Waals surface area (Å²) in [5.74, 6) is 0. The van der Waals surface area contributed by atoms with Gasteiger partial charge in [-0.25, -0.2) is 4.79 Å². The highest BCUT2D eigenvalue weighted by Gasteiger charge is 2.42. The number of fused-ring (bicyclic) bond motifs is 1. The Labute approximate surface area is 125 Å². The third-order valence-electron chi connectivity index (χ3n) is 3.79. The first kappa shape index (κ1) is 13.4. The second-order valence-electron chi connectivity index (χ2n) is 4.90. The summed E-state index contributed by atoms with van der Waals surface area (Å²) in [7, 11) is 1.34. The lowest BCUT2D eigenvalue weighted by molar-refractivity contribution is 0.0738. The van der Waals surface area contributed by atoms with Gasteiger partial charge >= 0.3 is 6.09 Å². The molecular formula is C15H14BrNO3. The molecule has 0 saturated carbocycles. The van der Waals surface area contributed by atoms with Crippen LogP contribution in [0.3, 0.4) is 0 Å². The Hall–Kier alpha value is -1.59. The van der Waals surface area contributed by atoms with Crippen molar-refractivity contribution in [3.63, 3.8) is 0 Å². The average molecular weight is 336 g/mol. The van der Waals surface area contributed by atoms with E-state index >= 15 is 0 Å². The molecule has 1 atom stereocenters. The number of carbonyl (C=O) groups excluding carboxylic acids is 1. The molecule has 1 N–H and O–H groups in total. The first-order valence-corrected chi connectivity index (χ1v) is 7.13. The fourth-order valence-corrected chi connectivity index (χ4v) is 3.25. The van der Waals surface area contributed by atoms with Gasteiger partial charge in [0.15, 0.2) is 0 Å². The number of aromatic nitrogens is 1. The van der Waals surface area contributed by atoms with Crippen molar-refractivity contribution in [2.24, 2.45) is 0 Å². The van der Waals surface area contributed by atoms with Gasteiger partial charge in [-0.2, -0.15) is 0 Å². The Morgan fingerprint density at radius 1 is 1.45 bits per heavy atom. The number of hydrogen-bond donors (Lipinski definition) is 1. The Bertz CT molecular complexity index is 680. The van der Waals surface area contributed by atoms with Crippen molar-refractivity contribution in [3.05, 3.63) is 57.8 Å². The molecule has 1 aromatic heterocycles. The van der Waals surface area contributed by atoms with Crippen LogP contribution in [0, 0.1) is 0 Å². The minimum absolute atomic E-state index is 0.485.